The van der Waals surface area contributed by atoms with Crippen molar-refractivity contribution in [2.45, 2.75) is 32.3 Å². The molecular formula is C22H25NO4. The molecule has 1 atom stereocenters. The first kappa shape index (κ1) is 17.7. The van der Waals surface area contributed by atoms with Crippen LogP contribution in [0.3, 0.4) is 0 Å². The lowest BCUT2D eigenvalue weighted by atomic mass is 9.96. The van der Waals surface area contributed by atoms with Crippen molar-refractivity contribution in [3.63, 3.8) is 0 Å². The van der Waals surface area contributed by atoms with Crippen LogP contribution in [0.4, 0.5) is 5.69 Å². The molecule has 1 fully saturated rings. The second kappa shape index (κ2) is 7.51. The van der Waals surface area contributed by atoms with Crippen LogP contribution in [0.5, 0.6) is 17.2 Å². The maximum atomic E-state index is 11.3. The molecule has 0 amide bonds. The van der Waals surface area contributed by atoms with E-state index in [2.05, 4.69) is 30.0 Å². The second-order valence-electron chi connectivity index (χ2n) is 7.35. The Labute approximate surface area is 159 Å². The van der Waals surface area contributed by atoms with Gasteiger partial charge in [-0.25, -0.2) is 0 Å². The molecule has 2 aliphatic rings. The largest absolute Gasteiger partial charge is 0.487 e. The lowest BCUT2D eigenvalue weighted by Gasteiger charge is -2.41. The molecule has 0 spiro atoms. The van der Waals surface area contributed by atoms with Crippen LogP contribution in [0, 0.1) is 0 Å². The Balaban J connectivity index is 1.31. The highest BCUT2D eigenvalue weighted by Gasteiger charge is 2.29. The molecule has 2 aromatic carbocycles. The van der Waals surface area contributed by atoms with E-state index in [-0.39, 0.29) is 17.8 Å². The first-order chi connectivity index (χ1) is 13.1. The average Bonchev–Trinajstić information content (AvgIpc) is 2.64. The molecule has 5 nitrogen and oxygen atoms in total. The van der Waals surface area contributed by atoms with Gasteiger partial charge in [-0.2, -0.15) is 0 Å². The predicted molar refractivity (Wildman–Crippen MR) is 104 cm³/mol. The van der Waals surface area contributed by atoms with E-state index < -0.39 is 0 Å². The number of ketones is 1. The molecule has 0 saturated carbocycles. The molecule has 1 unspecified atom stereocenters. The number of benzene rings is 2. The van der Waals surface area contributed by atoms with E-state index in [1.807, 2.05) is 24.3 Å². The van der Waals surface area contributed by atoms with Gasteiger partial charge >= 0.3 is 0 Å². The molecule has 2 aliphatic heterocycles. The molecule has 5 heteroatoms. The smallest absolute Gasteiger partial charge is 0.163 e. The van der Waals surface area contributed by atoms with E-state index in [4.69, 9.17) is 14.2 Å². The number of ether oxygens (including phenoxy) is 3. The zero-order valence-electron chi connectivity index (χ0n) is 15.8. The Kier molecular flexibility index (Phi) is 4.92. The van der Waals surface area contributed by atoms with E-state index in [1.165, 1.54) is 5.56 Å². The summed E-state index contributed by atoms with van der Waals surface area (Å²) in [6.45, 7) is 6.62. The first-order valence-electron chi connectivity index (χ1n) is 9.49. The number of Topliss-reactive ketones (excluding diaryl/α,β-unsaturated/α-hetero) is 1. The summed E-state index contributed by atoms with van der Waals surface area (Å²) in [5, 5.41) is 0. The van der Waals surface area contributed by atoms with E-state index in [0.29, 0.717) is 19.6 Å². The molecule has 142 valence electrons. The third-order valence-electron chi connectivity index (χ3n) is 5.08. The van der Waals surface area contributed by atoms with E-state index in [9.17, 15) is 4.79 Å². The molecule has 0 bridgehead atoms. The van der Waals surface area contributed by atoms with Crippen molar-refractivity contribution in [2.75, 3.05) is 31.2 Å². The van der Waals surface area contributed by atoms with Crippen molar-refractivity contribution in [3.8, 4) is 17.2 Å². The van der Waals surface area contributed by atoms with Gasteiger partial charge in [0.25, 0.3) is 0 Å². The normalized spacial score (nSPS) is 17.2. The van der Waals surface area contributed by atoms with Crippen LogP contribution in [0.25, 0.3) is 0 Å². The Bertz CT molecular complexity index is 812. The third-order valence-corrected chi connectivity index (χ3v) is 5.08. The molecule has 0 N–H and O–H groups in total. The number of carbonyl (C=O) groups is 1. The van der Waals surface area contributed by atoms with Crippen molar-refractivity contribution in [2.24, 2.45) is 0 Å². The SMILES string of the molecule is CC(=O)CC(C)c1ccc(OC2CN(c3ccc4c(c3)OCCO4)C2)cc1. The Morgan fingerprint density at radius 1 is 1.11 bits per heavy atom. The van der Waals surface area contributed by atoms with Crippen molar-refractivity contribution >= 4 is 11.5 Å². The quantitative estimate of drug-likeness (QED) is 0.777. The highest BCUT2D eigenvalue weighted by atomic mass is 16.6. The molecule has 2 heterocycles. The number of nitrogens with zero attached hydrogens (tertiary/aromatic N) is 1. The van der Waals surface area contributed by atoms with Crippen LogP contribution < -0.4 is 19.1 Å². The standard InChI is InChI=1S/C22H25NO4/c1-15(11-16(2)24)17-3-6-19(7-4-17)27-20-13-23(14-20)18-5-8-21-22(12-18)26-10-9-25-21/h3-8,12,15,20H,9-11,13-14H2,1-2H3. The molecular weight excluding hydrogens is 342 g/mol. The van der Waals surface area contributed by atoms with Gasteiger partial charge in [0.15, 0.2) is 11.5 Å². The minimum absolute atomic E-state index is 0.179. The summed E-state index contributed by atoms with van der Waals surface area (Å²) in [7, 11) is 0. The van der Waals surface area contributed by atoms with E-state index >= 15 is 0 Å². The molecule has 0 aromatic heterocycles. The predicted octanol–water partition coefficient (Wildman–Crippen LogP) is 3.81. The van der Waals surface area contributed by atoms with Gasteiger partial charge in [-0.3, -0.25) is 0 Å². The summed E-state index contributed by atoms with van der Waals surface area (Å²) in [5.41, 5.74) is 2.30. The summed E-state index contributed by atoms with van der Waals surface area (Å²) in [5.74, 6) is 2.97. The molecule has 4 rings (SSSR count). The lowest BCUT2D eigenvalue weighted by Crippen LogP contribution is -2.54. The van der Waals surface area contributed by atoms with E-state index in [0.717, 1.165) is 36.0 Å². The van der Waals surface area contributed by atoms with Gasteiger partial charge in [-0.05, 0) is 42.7 Å². The van der Waals surface area contributed by atoms with Crippen LogP contribution in [0.1, 0.15) is 31.7 Å². The maximum absolute atomic E-state index is 11.3. The Hall–Kier alpha value is -2.69. The zero-order chi connectivity index (χ0) is 18.8. The maximum Gasteiger partial charge on any atom is 0.163 e. The number of fused-ring (bicyclic) bond motifs is 1. The van der Waals surface area contributed by atoms with Crippen molar-refractivity contribution < 1.29 is 19.0 Å². The van der Waals surface area contributed by atoms with Gasteiger partial charge in [0.2, 0.25) is 0 Å². The van der Waals surface area contributed by atoms with Gasteiger partial charge in [0.05, 0.1) is 13.1 Å². The number of rotatable bonds is 6. The third kappa shape index (κ3) is 4.02. The highest BCUT2D eigenvalue weighted by molar-refractivity contribution is 5.76. The Morgan fingerprint density at radius 2 is 1.81 bits per heavy atom. The lowest BCUT2D eigenvalue weighted by molar-refractivity contribution is -0.117. The molecule has 27 heavy (non-hydrogen) atoms. The summed E-state index contributed by atoms with van der Waals surface area (Å²) < 4.78 is 17.3. The van der Waals surface area contributed by atoms with Gasteiger partial charge in [0, 0.05) is 18.2 Å². The van der Waals surface area contributed by atoms with Crippen molar-refractivity contribution in [1.29, 1.82) is 0 Å². The summed E-state index contributed by atoms with van der Waals surface area (Å²) >= 11 is 0. The average molecular weight is 367 g/mol. The molecule has 1 saturated heterocycles. The number of anilines is 1. The van der Waals surface area contributed by atoms with Crippen LogP contribution in [-0.2, 0) is 4.79 Å². The molecule has 0 aliphatic carbocycles. The topological polar surface area (TPSA) is 48.0 Å². The number of hydrogen-bond donors (Lipinski definition) is 0. The van der Waals surface area contributed by atoms with E-state index in [1.54, 1.807) is 6.92 Å². The monoisotopic (exact) mass is 367 g/mol. The van der Waals surface area contributed by atoms with Crippen molar-refractivity contribution in [3.05, 3.63) is 48.0 Å². The first-order valence-corrected chi connectivity index (χ1v) is 9.49. The summed E-state index contributed by atoms with van der Waals surface area (Å²) in [6, 6.07) is 14.2. The summed E-state index contributed by atoms with van der Waals surface area (Å²) in [4.78, 5) is 13.5. The number of hydrogen-bond acceptors (Lipinski definition) is 5. The van der Waals surface area contributed by atoms with Crippen LogP contribution in [0.2, 0.25) is 0 Å². The van der Waals surface area contributed by atoms with Crippen LogP contribution in [-0.4, -0.2) is 38.2 Å². The fourth-order valence-corrected chi connectivity index (χ4v) is 3.57. The molecule has 0 radical (unpaired) electrons. The van der Waals surface area contributed by atoms with Gasteiger partial charge in [-0.1, -0.05) is 19.1 Å². The van der Waals surface area contributed by atoms with Gasteiger partial charge in [-0.15, -0.1) is 0 Å². The van der Waals surface area contributed by atoms with Crippen LogP contribution in [0.15, 0.2) is 42.5 Å². The fourth-order valence-electron chi connectivity index (χ4n) is 3.57. The zero-order valence-corrected chi connectivity index (χ0v) is 15.8. The minimum Gasteiger partial charge on any atom is -0.487 e. The Morgan fingerprint density at radius 3 is 2.52 bits per heavy atom. The summed E-state index contributed by atoms with van der Waals surface area (Å²) in [6.07, 6.45) is 0.756. The fraction of sp³-hybridized carbons (Fsp3) is 0.409. The van der Waals surface area contributed by atoms with Crippen molar-refractivity contribution in [1.82, 2.24) is 0 Å². The minimum atomic E-state index is 0.179. The molecule has 2 aromatic rings. The number of carbonyl (C=O) groups excluding carboxylic acids is 1. The van der Waals surface area contributed by atoms with Gasteiger partial charge < -0.3 is 23.9 Å². The van der Waals surface area contributed by atoms with Gasteiger partial charge in [0.1, 0.15) is 30.9 Å². The second-order valence-corrected chi connectivity index (χ2v) is 7.35. The highest BCUT2D eigenvalue weighted by Crippen LogP contribution is 2.35. The van der Waals surface area contributed by atoms with Crippen LogP contribution >= 0.6 is 0 Å².